The third-order valence-electron chi connectivity index (χ3n) is 4.21. The summed E-state index contributed by atoms with van der Waals surface area (Å²) >= 11 is 0. The van der Waals surface area contributed by atoms with E-state index in [1.807, 2.05) is 0 Å². The number of unbranched alkanes of at least 4 members (excludes halogenated alkanes) is 16. The molecule has 0 aromatic heterocycles. The summed E-state index contributed by atoms with van der Waals surface area (Å²) in [4.78, 5) is 0. The number of hydrogen-bond acceptors (Lipinski definition) is 0. The summed E-state index contributed by atoms with van der Waals surface area (Å²) in [5.41, 5.74) is 0. The van der Waals surface area contributed by atoms with Gasteiger partial charge in [0.2, 0.25) is 0 Å². The van der Waals surface area contributed by atoms with Gasteiger partial charge in [0.15, 0.2) is 0 Å². The predicted octanol–water partition coefficient (Wildman–Crippen LogP) is 4.77. The van der Waals surface area contributed by atoms with Crippen LogP contribution in [0.5, 0.6) is 0 Å². The van der Waals surface area contributed by atoms with E-state index in [9.17, 15) is 0 Å². The molecular formula is C19H41Na. The zero-order valence-electron chi connectivity index (χ0n) is 16.0. The second-order valence-electron chi connectivity index (χ2n) is 6.30. The second kappa shape index (κ2) is 22.3. The zero-order chi connectivity index (χ0) is 14.0. The largest absolute Gasteiger partial charge is 1.00 e. The molecule has 0 atom stereocenters. The Labute approximate surface area is 153 Å². The summed E-state index contributed by atoms with van der Waals surface area (Å²) in [7, 11) is 0. The molecule has 0 amide bonds. The van der Waals surface area contributed by atoms with Gasteiger partial charge >= 0.3 is 29.6 Å². The molecule has 0 rings (SSSR count). The Morgan fingerprint density at radius 2 is 0.500 bits per heavy atom. The van der Waals surface area contributed by atoms with Gasteiger partial charge in [-0.3, -0.25) is 0 Å². The van der Waals surface area contributed by atoms with E-state index in [-0.39, 0.29) is 31.0 Å². The Balaban J connectivity index is -0.00000162. The van der Waals surface area contributed by atoms with Crippen molar-refractivity contribution in [2.24, 2.45) is 0 Å². The molecule has 0 saturated heterocycles. The molecule has 0 aliphatic rings. The molecule has 0 unspecified atom stereocenters. The van der Waals surface area contributed by atoms with E-state index in [0.717, 1.165) is 0 Å². The molecule has 0 spiro atoms. The van der Waals surface area contributed by atoms with Gasteiger partial charge in [-0.05, 0) is 0 Å². The molecular weight excluding hydrogens is 251 g/mol. The SMILES string of the molecule is CCCCCCCCCCCCCCCCCCC.[H-].[Na+]. The molecule has 0 bridgehead atoms. The fraction of sp³-hybridized carbons (Fsp3) is 1.00. The maximum atomic E-state index is 2.30. The Bertz CT molecular complexity index is 135. The topological polar surface area (TPSA) is 0 Å². The Morgan fingerprint density at radius 3 is 0.650 bits per heavy atom. The predicted molar refractivity (Wildman–Crippen MR) is 90.9 cm³/mol. The van der Waals surface area contributed by atoms with E-state index in [0.29, 0.717) is 0 Å². The van der Waals surface area contributed by atoms with Gasteiger partial charge in [0.1, 0.15) is 0 Å². The van der Waals surface area contributed by atoms with Crippen LogP contribution in [0.25, 0.3) is 0 Å². The minimum atomic E-state index is 0. The van der Waals surface area contributed by atoms with E-state index in [2.05, 4.69) is 13.8 Å². The van der Waals surface area contributed by atoms with Crippen LogP contribution < -0.4 is 29.6 Å². The monoisotopic (exact) mass is 292 g/mol. The maximum Gasteiger partial charge on any atom is 1.00 e. The van der Waals surface area contributed by atoms with Crippen LogP contribution in [0.1, 0.15) is 124 Å². The first-order valence-corrected chi connectivity index (χ1v) is 9.41. The van der Waals surface area contributed by atoms with Crippen LogP contribution in [-0.4, -0.2) is 0 Å². The molecule has 0 fully saturated rings. The molecule has 118 valence electrons. The normalized spacial score (nSPS) is 10.5. The van der Waals surface area contributed by atoms with Gasteiger partial charge in [0, 0.05) is 0 Å². The number of hydrogen-bond donors (Lipinski definition) is 0. The first-order chi connectivity index (χ1) is 9.41. The van der Waals surface area contributed by atoms with Gasteiger partial charge in [0.05, 0.1) is 0 Å². The summed E-state index contributed by atoms with van der Waals surface area (Å²) in [6.07, 6.45) is 24.9. The van der Waals surface area contributed by atoms with Gasteiger partial charge in [0.25, 0.3) is 0 Å². The van der Waals surface area contributed by atoms with Crippen molar-refractivity contribution < 1.29 is 31.0 Å². The Kier molecular flexibility index (Phi) is 25.9. The molecule has 0 N–H and O–H groups in total. The van der Waals surface area contributed by atoms with Gasteiger partial charge < -0.3 is 1.43 Å². The van der Waals surface area contributed by atoms with Gasteiger partial charge in [-0.25, -0.2) is 0 Å². The molecule has 0 aromatic carbocycles. The average molecular weight is 293 g/mol. The summed E-state index contributed by atoms with van der Waals surface area (Å²) in [5, 5.41) is 0. The number of rotatable bonds is 16. The summed E-state index contributed by atoms with van der Waals surface area (Å²) in [6, 6.07) is 0. The van der Waals surface area contributed by atoms with E-state index in [4.69, 9.17) is 0 Å². The minimum Gasteiger partial charge on any atom is -1.00 e. The molecule has 0 aliphatic carbocycles. The molecule has 0 aliphatic heterocycles. The third-order valence-corrected chi connectivity index (χ3v) is 4.21. The molecule has 0 saturated carbocycles. The first kappa shape index (κ1) is 23.3. The fourth-order valence-corrected chi connectivity index (χ4v) is 2.80. The van der Waals surface area contributed by atoms with E-state index in [1.54, 1.807) is 0 Å². The van der Waals surface area contributed by atoms with Crippen molar-refractivity contribution in [3.8, 4) is 0 Å². The van der Waals surface area contributed by atoms with Crippen LogP contribution in [0, 0.1) is 0 Å². The van der Waals surface area contributed by atoms with E-state index in [1.165, 1.54) is 109 Å². The second-order valence-corrected chi connectivity index (χ2v) is 6.30. The van der Waals surface area contributed by atoms with Crippen molar-refractivity contribution >= 4 is 0 Å². The minimum absolute atomic E-state index is 0. The first-order valence-electron chi connectivity index (χ1n) is 9.41. The molecule has 0 heterocycles. The van der Waals surface area contributed by atoms with Crippen LogP contribution in [0.4, 0.5) is 0 Å². The van der Waals surface area contributed by atoms with Crippen molar-refractivity contribution in [1.29, 1.82) is 0 Å². The van der Waals surface area contributed by atoms with E-state index >= 15 is 0 Å². The van der Waals surface area contributed by atoms with Crippen molar-refractivity contribution in [3.05, 3.63) is 0 Å². The van der Waals surface area contributed by atoms with Crippen molar-refractivity contribution in [3.63, 3.8) is 0 Å². The van der Waals surface area contributed by atoms with Crippen LogP contribution in [0.2, 0.25) is 0 Å². The standard InChI is InChI=1S/C19H40.Na.H/c1-3-5-7-9-11-13-15-17-19-18-16-14-12-10-8-6-4-2;;/h3-19H2,1-2H3;;/q;+1;-1. The summed E-state index contributed by atoms with van der Waals surface area (Å²) < 4.78 is 0. The van der Waals surface area contributed by atoms with Crippen LogP contribution in [0.15, 0.2) is 0 Å². The molecule has 0 aromatic rings. The van der Waals surface area contributed by atoms with Crippen LogP contribution >= 0.6 is 0 Å². The maximum absolute atomic E-state index is 2.30. The fourth-order valence-electron chi connectivity index (χ4n) is 2.80. The average Bonchev–Trinajstić information content (AvgIpc) is 2.43. The van der Waals surface area contributed by atoms with Crippen molar-refractivity contribution in [2.45, 2.75) is 123 Å². The zero-order valence-corrected chi connectivity index (χ0v) is 17.0. The quantitative estimate of drug-likeness (QED) is 0.284. The summed E-state index contributed by atoms with van der Waals surface area (Å²) in [6.45, 7) is 4.59. The van der Waals surface area contributed by atoms with Gasteiger partial charge in [-0.2, -0.15) is 0 Å². The molecule has 0 radical (unpaired) electrons. The smallest absolute Gasteiger partial charge is 1.00 e. The molecule has 1 heteroatoms. The van der Waals surface area contributed by atoms with Gasteiger partial charge in [-0.15, -0.1) is 0 Å². The van der Waals surface area contributed by atoms with Crippen molar-refractivity contribution in [1.82, 2.24) is 0 Å². The Hall–Kier alpha value is 1.00. The van der Waals surface area contributed by atoms with Crippen molar-refractivity contribution in [2.75, 3.05) is 0 Å². The third kappa shape index (κ3) is 21.3. The van der Waals surface area contributed by atoms with E-state index < -0.39 is 0 Å². The van der Waals surface area contributed by atoms with Gasteiger partial charge in [-0.1, -0.05) is 123 Å². The molecule has 0 nitrogen and oxygen atoms in total. The van der Waals surface area contributed by atoms with Crippen LogP contribution in [0.3, 0.4) is 0 Å². The molecule has 20 heavy (non-hydrogen) atoms. The summed E-state index contributed by atoms with van der Waals surface area (Å²) in [5.74, 6) is 0. The Morgan fingerprint density at radius 1 is 0.350 bits per heavy atom. The van der Waals surface area contributed by atoms with Crippen LogP contribution in [-0.2, 0) is 0 Å².